The van der Waals surface area contributed by atoms with Gasteiger partial charge in [0.2, 0.25) is 0 Å². The minimum absolute atomic E-state index is 0.181. The maximum atomic E-state index is 12.1. The lowest BCUT2D eigenvalue weighted by molar-refractivity contribution is -0.137. The Morgan fingerprint density at radius 1 is 1.19 bits per heavy atom. The first-order valence-electron chi connectivity index (χ1n) is 7.19. The molecule has 0 aromatic heterocycles. The molecule has 1 rings (SSSR count). The van der Waals surface area contributed by atoms with E-state index in [4.69, 9.17) is 5.11 Å². The van der Waals surface area contributed by atoms with Gasteiger partial charge in [-0.05, 0) is 17.4 Å². The highest BCUT2D eigenvalue weighted by Gasteiger charge is 2.18. The van der Waals surface area contributed by atoms with E-state index in [0.29, 0.717) is 13.1 Å². The molecule has 0 saturated carbocycles. The lowest BCUT2D eigenvalue weighted by Crippen LogP contribution is -2.45. The normalized spacial score (nSPS) is 12.0. The van der Waals surface area contributed by atoms with Crippen molar-refractivity contribution in [2.45, 2.75) is 26.7 Å². The van der Waals surface area contributed by atoms with Crippen molar-refractivity contribution in [1.29, 1.82) is 0 Å². The molecule has 5 heteroatoms. The Morgan fingerprint density at radius 3 is 2.33 bits per heavy atom. The first kappa shape index (κ1) is 17.0. The van der Waals surface area contributed by atoms with Gasteiger partial charge >= 0.3 is 12.0 Å². The Morgan fingerprint density at radius 2 is 1.81 bits per heavy atom. The number of carbonyl (C=O) groups excluding carboxylic acids is 1. The summed E-state index contributed by atoms with van der Waals surface area (Å²) < 4.78 is 0. The molecule has 0 aliphatic rings. The van der Waals surface area contributed by atoms with Crippen molar-refractivity contribution >= 4 is 12.0 Å². The van der Waals surface area contributed by atoms with E-state index in [1.165, 1.54) is 4.90 Å². The predicted octanol–water partition coefficient (Wildman–Crippen LogP) is 2.54. The molecule has 1 aromatic rings. The van der Waals surface area contributed by atoms with Crippen LogP contribution in [-0.4, -0.2) is 41.6 Å². The second-order valence-corrected chi connectivity index (χ2v) is 5.67. The van der Waals surface area contributed by atoms with Gasteiger partial charge < -0.3 is 15.3 Å². The molecule has 1 unspecified atom stereocenters. The minimum atomic E-state index is -0.998. The highest BCUT2D eigenvalue weighted by atomic mass is 16.4. The van der Waals surface area contributed by atoms with Crippen LogP contribution >= 0.6 is 0 Å². The number of hydrogen-bond donors (Lipinski definition) is 2. The van der Waals surface area contributed by atoms with Crippen molar-refractivity contribution in [3.8, 4) is 0 Å². The van der Waals surface area contributed by atoms with Crippen LogP contribution in [0, 0.1) is 5.92 Å². The monoisotopic (exact) mass is 292 g/mol. The number of rotatable bonds is 7. The molecule has 2 amide bonds. The highest BCUT2D eigenvalue weighted by Crippen LogP contribution is 2.13. The Kier molecular flexibility index (Phi) is 6.72. The number of benzene rings is 1. The molecule has 0 radical (unpaired) electrons. The number of carboxylic acids is 1. The molecule has 116 valence electrons. The third-order valence-electron chi connectivity index (χ3n) is 3.13. The summed E-state index contributed by atoms with van der Waals surface area (Å²) in [5.74, 6) is -0.593. The molecule has 2 N–H and O–H groups in total. The Bertz CT molecular complexity index is 460. The van der Waals surface area contributed by atoms with Crippen LogP contribution in [0.3, 0.4) is 0 Å². The van der Waals surface area contributed by atoms with Gasteiger partial charge in [-0.2, -0.15) is 0 Å². The summed E-state index contributed by atoms with van der Waals surface area (Å²) in [5.41, 5.74) is 1.14. The number of nitrogens with one attached hydrogen (secondary N) is 1. The van der Waals surface area contributed by atoms with Crippen LogP contribution in [0.15, 0.2) is 30.3 Å². The molecule has 0 spiro atoms. The van der Waals surface area contributed by atoms with Crippen molar-refractivity contribution < 1.29 is 14.7 Å². The molecule has 0 fully saturated rings. The number of amides is 2. The zero-order chi connectivity index (χ0) is 15.8. The van der Waals surface area contributed by atoms with E-state index in [2.05, 4.69) is 5.32 Å². The van der Waals surface area contributed by atoms with Crippen LogP contribution in [0.25, 0.3) is 0 Å². The number of carboxylic acid groups (broad SMARTS) is 1. The van der Waals surface area contributed by atoms with Crippen LogP contribution in [0.5, 0.6) is 0 Å². The smallest absolute Gasteiger partial charge is 0.323 e. The maximum Gasteiger partial charge on any atom is 0.323 e. The molecular formula is C16H24N2O3. The lowest BCUT2D eigenvalue weighted by Gasteiger charge is -2.24. The van der Waals surface area contributed by atoms with Crippen molar-refractivity contribution in [3.63, 3.8) is 0 Å². The molecule has 1 atom stereocenters. The molecule has 21 heavy (non-hydrogen) atoms. The zero-order valence-electron chi connectivity index (χ0n) is 12.9. The van der Waals surface area contributed by atoms with E-state index >= 15 is 0 Å². The summed E-state index contributed by atoms with van der Waals surface area (Å²) in [6.45, 7) is 6.57. The third kappa shape index (κ3) is 6.29. The van der Waals surface area contributed by atoms with E-state index in [0.717, 1.165) is 5.56 Å². The van der Waals surface area contributed by atoms with Crippen LogP contribution in [0.4, 0.5) is 4.79 Å². The van der Waals surface area contributed by atoms with Crippen LogP contribution in [0.1, 0.15) is 32.3 Å². The van der Waals surface area contributed by atoms with E-state index < -0.39 is 5.97 Å². The molecule has 1 aromatic carbocycles. The standard InChI is InChI=1S/C16H24N2O3/c1-12(2)10-18(11-15(19)20)16(21)17-9-13(3)14-7-5-4-6-8-14/h4-8,12-13H,9-11H2,1-3H3,(H,17,21)(H,19,20). The predicted molar refractivity (Wildman–Crippen MR) is 82.3 cm³/mol. The first-order chi connectivity index (χ1) is 9.90. The van der Waals surface area contributed by atoms with Crippen molar-refractivity contribution in [3.05, 3.63) is 35.9 Å². The van der Waals surface area contributed by atoms with Gasteiger partial charge in [0, 0.05) is 13.1 Å². The first-order valence-corrected chi connectivity index (χ1v) is 7.19. The van der Waals surface area contributed by atoms with Crippen molar-refractivity contribution in [2.75, 3.05) is 19.6 Å². The Balaban J connectivity index is 2.54. The van der Waals surface area contributed by atoms with Crippen LogP contribution in [0.2, 0.25) is 0 Å². The van der Waals surface area contributed by atoms with Gasteiger partial charge in [0.25, 0.3) is 0 Å². The number of urea groups is 1. The van der Waals surface area contributed by atoms with Crippen molar-refractivity contribution in [1.82, 2.24) is 10.2 Å². The fraction of sp³-hybridized carbons (Fsp3) is 0.500. The summed E-state index contributed by atoms with van der Waals surface area (Å²) in [6, 6.07) is 9.58. The van der Waals surface area contributed by atoms with E-state index in [1.807, 2.05) is 51.1 Å². The number of carbonyl (C=O) groups is 2. The summed E-state index contributed by atoms with van der Waals surface area (Å²) in [5, 5.41) is 11.7. The molecule has 0 bridgehead atoms. The summed E-state index contributed by atoms with van der Waals surface area (Å²) >= 11 is 0. The molecule has 0 heterocycles. The average Bonchev–Trinajstić information content (AvgIpc) is 2.43. The topological polar surface area (TPSA) is 69.6 Å². The lowest BCUT2D eigenvalue weighted by atomic mass is 10.0. The van der Waals surface area contributed by atoms with Crippen LogP contribution < -0.4 is 5.32 Å². The molecule has 5 nitrogen and oxygen atoms in total. The van der Waals surface area contributed by atoms with Gasteiger partial charge in [-0.15, -0.1) is 0 Å². The highest BCUT2D eigenvalue weighted by molar-refractivity contribution is 5.80. The largest absolute Gasteiger partial charge is 0.480 e. The third-order valence-corrected chi connectivity index (χ3v) is 3.13. The van der Waals surface area contributed by atoms with Gasteiger partial charge in [-0.3, -0.25) is 4.79 Å². The molecular weight excluding hydrogens is 268 g/mol. The molecule has 0 aliphatic carbocycles. The van der Waals surface area contributed by atoms with E-state index in [1.54, 1.807) is 0 Å². The second-order valence-electron chi connectivity index (χ2n) is 5.67. The minimum Gasteiger partial charge on any atom is -0.480 e. The fourth-order valence-electron chi connectivity index (χ4n) is 2.07. The van der Waals surface area contributed by atoms with Gasteiger partial charge in [0.1, 0.15) is 6.54 Å². The number of hydrogen-bond acceptors (Lipinski definition) is 2. The van der Waals surface area contributed by atoms with E-state index in [9.17, 15) is 9.59 Å². The summed E-state index contributed by atoms with van der Waals surface area (Å²) in [6.07, 6.45) is 0. The summed E-state index contributed by atoms with van der Waals surface area (Å²) in [7, 11) is 0. The maximum absolute atomic E-state index is 12.1. The quantitative estimate of drug-likeness (QED) is 0.811. The second kappa shape index (κ2) is 8.29. The van der Waals surface area contributed by atoms with Crippen LogP contribution in [-0.2, 0) is 4.79 Å². The average molecular weight is 292 g/mol. The van der Waals surface area contributed by atoms with Gasteiger partial charge in [0.15, 0.2) is 0 Å². The Hall–Kier alpha value is -2.04. The molecule has 0 saturated heterocycles. The van der Waals surface area contributed by atoms with E-state index in [-0.39, 0.29) is 24.4 Å². The van der Waals surface area contributed by atoms with Gasteiger partial charge in [-0.25, -0.2) is 4.79 Å². The summed E-state index contributed by atoms with van der Waals surface area (Å²) in [4.78, 5) is 24.3. The van der Waals surface area contributed by atoms with Gasteiger partial charge in [0.05, 0.1) is 0 Å². The SMILES string of the molecule is CC(C)CN(CC(=O)O)C(=O)NCC(C)c1ccccc1. The zero-order valence-corrected chi connectivity index (χ0v) is 12.9. The Labute approximate surface area is 126 Å². The van der Waals surface area contributed by atoms with Crippen molar-refractivity contribution in [2.24, 2.45) is 5.92 Å². The van der Waals surface area contributed by atoms with Gasteiger partial charge in [-0.1, -0.05) is 51.1 Å². The fourth-order valence-corrected chi connectivity index (χ4v) is 2.07. The number of aliphatic carboxylic acids is 1. The number of nitrogens with zero attached hydrogens (tertiary/aromatic N) is 1. The molecule has 0 aliphatic heterocycles.